The van der Waals surface area contributed by atoms with Crippen LogP contribution >= 0.6 is 0 Å². The molecule has 0 spiro atoms. The van der Waals surface area contributed by atoms with E-state index < -0.39 is 0 Å². The number of halogens is 1. The molecule has 2 nitrogen and oxygen atoms in total. The lowest BCUT2D eigenvalue weighted by Crippen LogP contribution is -2.04. The van der Waals surface area contributed by atoms with E-state index in [0.29, 0.717) is 5.56 Å². The molecule has 0 bridgehead atoms. The van der Waals surface area contributed by atoms with E-state index in [9.17, 15) is 9.18 Å². The smallest absolute Gasteiger partial charge is 0.152 e. The second-order valence-electron chi connectivity index (χ2n) is 6.00. The van der Waals surface area contributed by atoms with E-state index in [-0.39, 0.29) is 11.7 Å². The molecule has 0 aliphatic heterocycles. The summed E-state index contributed by atoms with van der Waals surface area (Å²) in [7, 11) is 0. The Morgan fingerprint density at radius 1 is 0.958 bits per heavy atom. The van der Waals surface area contributed by atoms with Crippen molar-refractivity contribution in [3.8, 4) is 22.4 Å². The number of pyridine rings is 1. The van der Waals surface area contributed by atoms with Crippen LogP contribution < -0.4 is 0 Å². The van der Waals surface area contributed by atoms with Gasteiger partial charge < -0.3 is 0 Å². The second-order valence-corrected chi connectivity index (χ2v) is 6.00. The molecular weight excluding hydrogens is 301 g/mol. The van der Waals surface area contributed by atoms with Crippen molar-refractivity contribution in [1.82, 2.24) is 4.98 Å². The summed E-state index contributed by atoms with van der Waals surface area (Å²) in [5.74, 6) is -0.194. The molecule has 0 saturated heterocycles. The molecule has 2 aromatic carbocycles. The highest BCUT2D eigenvalue weighted by Gasteiger charge is 2.17. The molecule has 1 aromatic heterocycles. The van der Waals surface area contributed by atoms with Gasteiger partial charge in [0, 0.05) is 11.1 Å². The lowest BCUT2D eigenvalue weighted by Gasteiger charge is -2.15. The highest BCUT2D eigenvalue weighted by atomic mass is 19.1. The fraction of sp³-hybridized carbons (Fsp3) is 0.143. The number of carbonyl (C=O) groups excluding carboxylic acids is 1. The van der Waals surface area contributed by atoms with Crippen molar-refractivity contribution in [1.29, 1.82) is 0 Å². The Balaban J connectivity index is 2.27. The number of carbonyl (C=O) groups is 1. The number of rotatable bonds is 4. The van der Waals surface area contributed by atoms with Gasteiger partial charge in [0.2, 0.25) is 0 Å². The van der Waals surface area contributed by atoms with Gasteiger partial charge in [0.15, 0.2) is 6.29 Å². The van der Waals surface area contributed by atoms with Gasteiger partial charge in [-0.2, -0.15) is 0 Å². The first kappa shape index (κ1) is 16.1. The van der Waals surface area contributed by atoms with Gasteiger partial charge in [0.25, 0.3) is 0 Å². The molecule has 24 heavy (non-hydrogen) atoms. The minimum absolute atomic E-state index is 0.105. The van der Waals surface area contributed by atoms with Crippen LogP contribution in [0.5, 0.6) is 0 Å². The molecule has 0 saturated carbocycles. The number of aldehydes is 1. The van der Waals surface area contributed by atoms with E-state index in [1.165, 1.54) is 12.1 Å². The van der Waals surface area contributed by atoms with Crippen LogP contribution in [0.1, 0.15) is 35.8 Å². The first-order valence-corrected chi connectivity index (χ1v) is 7.91. The largest absolute Gasteiger partial charge is 0.298 e. The van der Waals surface area contributed by atoms with Crippen LogP contribution in [0.4, 0.5) is 4.39 Å². The topological polar surface area (TPSA) is 30.0 Å². The van der Waals surface area contributed by atoms with Crippen molar-refractivity contribution in [3.63, 3.8) is 0 Å². The third-order valence-corrected chi connectivity index (χ3v) is 3.98. The molecule has 3 aromatic rings. The Bertz CT molecular complexity index is 855. The summed E-state index contributed by atoms with van der Waals surface area (Å²) >= 11 is 0. The molecule has 3 heteroatoms. The fourth-order valence-corrected chi connectivity index (χ4v) is 2.76. The average Bonchev–Trinajstić information content (AvgIpc) is 2.62. The lowest BCUT2D eigenvalue weighted by atomic mass is 9.93. The van der Waals surface area contributed by atoms with Gasteiger partial charge >= 0.3 is 0 Å². The molecule has 0 atom stereocenters. The van der Waals surface area contributed by atoms with Crippen molar-refractivity contribution in [2.24, 2.45) is 0 Å². The normalized spacial score (nSPS) is 10.8. The summed E-state index contributed by atoms with van der Waals surface area (Å²) in [6.45, 7) is 4.02. The summed E-state index contributed by atoms with van der Waals surface area (Å²) in [6.07, 6.45) is 0.843. The Labute approximate surface area is 141 Å². The highest BCUT2D eigenvalue weighted by molar-refractivity contribution is 5.90. The quantitative estimate of drug-likeness (QED) is 0.595. The Hall–Kier alpha value is -2.81. The number of hydrogen-bond acceptors (Lipinski definition) is 2. The standard InChI is InChI=1S/C21H18FNO/c1-14(2)21-19(13-24)18(15-8-10-17(22)11-9-15)12-20(23-21)16-6-4-3-5-7-16/h3-14H,1-2H3. The van der Waals surface area contributed by atoms with Crippen molar-refractivity contribution in [2.45, 2.75) is 19.8 Å². The number of aromatic nitrogens is 1. The van der Waals surface area contributed by atoms with Crippen LogP contribution in [0.15, 0.2) is 60.7 Å². The minimum atomic E-state index is -0.298. The summed E-state index contributed by atoms with van der Waals surface area (Å²) < 4.78 is 13.3. The molecule has 120 valence electrons. The Kier molecular flexibility index (Phi) is 4.52. The first-order valence-electron chi connectivity index (χ1n) is 7.91. The molecule has 0 amide bonds. The maximum Gasteiger partial charge on any atom is 0.152 e. The van der Waals surface area contributed by atoms with E-state index in [0.717, 1.165) is 34.4 Å². The highest BCUT2D eigenvalue weighted by Crippen LogP contribution is 2.32. The van der Waals surface area contributed by atoms with Crippen molar-refractivity contribution in [2.75, 3.05) is 0 Å². The molecule has 0 aliphatic rings. The summed E-state index contributed by atoms with van der Waals surface area (Å²) in [6, 6.07) is 17.9. The molecule has 0 unspecified atom stereocenters. The van der Waals surface area contributed by atoms with Gasteiger partial charge in [-0.1, -0.05) is 56.3 Å². The molecular formula is C21H18FNO. The van der Waals surface area contributed by atoms with Gasteiger partial charge in [-0.25, -0.2) is 4.39 Å². The van der Waals surface area contributed by atoms with Crippen molar-refractivity contribution in [3.05, 3.63) is 77.7 Å². The van der Waals surface area contributed by atoms with Gasteiger partial charge in [-0.05, 0) is 35.2 Å². The van der Waals surface area contributed by atoms with E-state index >= 15 is 0 Å². The molecule has 0 aliphatic carbocycles. The van der Waals surface area contributed by atoms with E-state index in [1.807, 2.05) is 50.2 Å². The van der Waals surface area contributed by atoms with E-state index in [2.05, 4.69) is 0 Å². The van der Waals surface area contributed by atoms with Crippen LogP contribution in [-0.2, 0) is 0 Å². The van der Waals surface area contributed by atoms with Crippen LogP contribution in [-0.4, -0.2) is 11.3 Å². The first-order chi connectivity index (χ1) is 11.6. The van der Waals surface area contributed by atoms with Gasteiger partial charge in [0.1, 0.15) is 5.82 Å². The van der Waals surface area contributed by atoms with Crippen LogP contribution in [0.3, 0.4) is 0 Å². The van der Waals surface area contributed by atoms with Crippen molar-refractivity contribution < 1.29 is 9.18 Å². The molecule has 1 heterocycles. The molecule has 3 rings (SSSR count). The predicted octanol–water partition coefficient (Wildman–Crippen LogP) is 5.49. The third kappa shape index (κ3) is 3.11. The van der Waals surface area contributed by atoms with Crippen LogP contribution in [0, 0.1) is 5.82 Å². The fourth-order valence-electron chi connectivity index (χ4n) is 2.76. The van der Waals surface area contributed by atoms with Crippen molar-refractivity contribution >= 4 is 6.29 Å². The number of nitrogens with zero attached hydrogens (tertiary/aromatic N) is 1. The van der Waals surface area contributed by atoms with E-state index in [4.69, 9.17) is 4.98 Å². The van der Waals surface area contributed by atoms with Gasteiger partial charge in [0.05, 0.1) is 11.4 Å². The SMILES string of the molecule is CC(C)c1nc(-c2ccccc2)cc(-c2ccc(F)cc2)c1C=O. The van der Waals surface area contributed by atoms with Crippen LogP contribution in [0.25, 0.3) is 22.4 Å². The zero-order valence-corrected chi connectivity index (χ0v) is 13.7. The monoisotopic (exact) mass is 319 g/mol. The number of benzene rings is 2. The Morgan fingerprint density at radius 2 is 1.62 bits per heavy atom. The lowest BCUT2D eigenvalue weighted by molar-refractivity contribution is 0.112. The second kappa shape index (κ2) is 6.75. The van der Waals surface area contributed by atoms with Crippen LogP contribution in [0.2, 0.25) is 0 Å². The summed E-state index contributed by atoms with van der Waals surface area (Å²) in [4.78, 5) is 16.4. The third-order valence-electron chi connectivity index (χ3n) is 3.98. The van der Waals surface area contributed by atoms with Gasteiger partial charge in [-0.3, -0.25) is 9.78 Å². The maximum absolute atomic E-state index is 13.3. The predicted molar refractivity (Wildman–Crippen MR) is 94.5 cm³/mol. The van der Waals surface area contributed by atoms with Gasteiger partial charge in [-0.15, -0.1) is 0 Å². The summed E-state index contributed by atoms with van der Waals surface area (Å²) in [5.41, 5.74) is 4.70. The Morgan fingerprint density at radius 3 is 2.21 bits per heavy atom. The number of hydrogen-bond donors (Lipinski definition) is 0. The maximum atomic E-state index is 13.3. The zero-order valence-electron chi connectivity index (χ0n) is 13.7. The minimum Gasteiger partial charge on any atom is -0.298 e. The molecule has 0 radical (unpaired) electrons. The zero-order chi connectivity index (χ0) is 17.1. The summed E-state index contributed by atoms with van der Waals surface area (Å²) in [5, 5.41) is 0. The molecule has 0 fully saturated rings. The molecule has 0 N–H and O–H groups in total. The van der Waals surface area contributed by atoms with E-state index in [1.54, 1.807) is 12.1 Å². The average molecular weight is 319 g/mol.